The number of halogens is 1. The number of hydrogen-bond donors (Lipinski definition) is 2. The quantitative estimate of drug-likeness (QED) is 0.821. The van der Waals surface area contributed by atoms with E-state index in [1.54, 1.807) is 31.1 Å². The van der Waals surface area contributed by atoms with Crippen LogP contribution in [0.2, 0.25) is 0 Å². The van der Waals surface area contributed by atoms with Gasteiger partial charge in [0.05, 0.1) is 5.56 Å². The molecule has 0 saturated heterocycles. The first-order valence-electron chi connectivity index (χ1n) is 5.92. The molecular weight excluding hydrogens is 338 g/mol. The number of nitrogens with zero attached hydrogens (tertiary/aromatic N) is 1. The third-order valence-corrected chi connectivity index (χ3v) is 3.86. The highest BCUT2D eigenvalue weighted by Crippen LogP contribution is 2.21. The lowest BCUT2D eigenvalue weighted by Gasteiger charge is -2.09. The molecular formula is C14H14BrN3OS. The van der Waals surface area contributed by atoms with Crippen molar-refractivity contribution in [3.8, 4) is 0 Å². The molecule has 2 aromatic rings. The molecule has 0 unspecified atom stereocenters. The Morgan fingerprint density at radius 2 is 2.00 bits per heavy atom. The van der Waals surface area contributed by atoms with E-state index in [9.17, 15) is 4.79 Å². The second-order valence-electron chi connectivity index (χ2n) is 3.98. The van der Waals surface area contributed by atoms with Crippen LogP contribution in [0.3, 0.4) is 0 Å². The molecule has 0 aliphatic heterocycles. The van der Waals surface area contributed by atoms with Crippen molar-refractivity contribution in [1.82, 2.24) is 4.98 Å². The Morgan fingerprint density at radius 3 is 2.60 bits per heavy atom. The van der Waals surface area contributed by atoms with Crippen molar-refractivity contribution < 1.29 is 4.79 Å². The summed E-state index contributed by atoms with van der Waals surface area (Å²) in [6.07, 6.45) is 3.66. The highest BCUT2D eigenvalue weighted by atomic mass is 79.9. The number of rotatable bonds is 4. The van der Waals surface area contributed by atoms with Crippen LogP contribution in [0.25, 0.3) is 0 Å². The predicted octanol–water partition coefficient (Wildman–Crippen LogP) is 3.86. The van der Waals surface area contributed by atoms with Gasteiger partial charge in [-0.05, 0) is 52.5 Å². The van der Waals surface area contributed by atoms with Crippen molar-refractivity contribution in [3.05, 3.63) is 46.6 Å². The van der Waals surface area contributed by atoms with Gasteiger partial charge in [-0.25, -0.2) is 4.98 Å². The van der Waals surface area contributed by atoms with E-state index in [1.165, 1.54) is 0 Å². The van der Waals surface area contributed by atoms with Crippen LogP contribution in [-0.2, 0) is 0 Å². The van der Waals surface area contributed by atoms with Crippen molar-refractivity contribution >= 4 is 45.1 Å². The van der Waals surface area contributed by atoms with E-state index in [2.05, 4.69) is 31.5 Å². The van der Waals surface area contributed by atoms with Gasteiger partial charge in [0.2, 0.25) is 0 Å². The van der Waals surface area contributed by atoms with E-state index in [-0.39, 0.29) is 5.91 Å². The number of nitrogens with one attached hydrogen (secondary N) is 2. The Kier molecular flexibility index (Phi) is 5.03. The van der Waals surface area contributed by atoms with E-state index >= 15 is 0 Å². The highest BCUT2D eigenvalue weighted by molar-refractivity contribution is 9.10. The van der Waals surface area contributed by atoms with Gasteiger partial charge in [-0.15, -0.1) is 11.8 Å². The van der Waals surface area contributed by atoms with Crippen LogP contribution in [0.15, 0.2) is 45.9 Å². The molecule has 0 fully saturated rings. The standard InChI is InChI=1S/C14H14BrN3OS/c1-16-13-12(7-9(15)8-17-13)14(19)18-10-3-5-11(20-2)6-4-10/h3-8H,1-2H3,(H,16,17)(H,18,19). The fraction of sp³-hybridized carbons (Fsp3) is 0.143. The summed E-state index contributed by atoms with van der Waals surface area (Å²) >= 11 is 4.99. The molecule has 1 heterocycles. The Labute approximate surface area is 130 Å². The van der Waals surface area contributed by atoms with Crippen LogP contribution in [-0.4, -0.2) is 24.2 Å². The largest absolute Gasteiger partial charge is 0.372 e. The number of amides is 1. The fourth-order valence-corrected chi connectivity index (χ4v) is 2.42. The van der Waals surface area contributed by atoms with Gasteiger partial charge in [-0.1, -0.05) is 0 Å². The molecule has 1 aromatic heterocycles. The zero-order valence-corrected chi connectivity index (χ0v) is 13.5. The summed E-state index contributed by atoms with van der Waals surface area (Å²) in [7, 11) is 1.74. The SMILES string of the molecule is CNc1ncc(Br)cc1C(=O)Nc1ccc(SC)cc1. The molecule has 4 nitrogen and oxygen atoms in total. The summed E-state index contributed by atoms with van der Waals surface area (Å²) in [6.45, 7) is 0. The van der Waals surface area contributed by atoms with Gasteiger partial charge in [-0.3, -0.25) is 4.79 Å². The Hall–Kier alpha value is -1.53. The highest BCUT2D eigenvalue weighted by Gasteiger charge is 2.12. The van der Waals surface area contributed by atoms with Gasteiger partial charge in [0.15, 0.2) is 0 Å². The molecule has 104 valence electrons. The third kappa shape index (κ3) is 3.52. The normalized spacial score (nSPS) is 10.2. The summed E-state index contributed by atoms with van der Waals surface area (Å²) in [5.74, 6) is 0.353. The van der Waals surface area contributed by atoms with Gasteiger partial charge >= 0.3 is 0 Å². The summed E-state index contributed by atoms with van der Waals surface area (Å²) in [4.78, 5) is 17.6. The zero-order chi connectivity index (χ0) is 14.5. The lowest BCUT2D eigenvalue weighted by molar-refractivity contribution is 0.102. The molecule has 0 aliphatic rings. The van der Waals surface area contributed by atoms with E-state index in [0.717, 1.165) is 15.1 Å². The molecule has 0 radical (unpaired) electrons. The lowest BCUT2D eigenvalue weighted by atomic mass is 10.2. The molecule has 6 heteroatoms. The van der Waals surface area contributed by atoms with Gasteiger partial charge in [0.25, 0.3) is 5.91 Å². The van der Waals surface area contributed by atoms with E-state index < -0.39 is 0 Å². The molecule has 20 heavy (non-hydrogen) atoms. The maximum atomic E-state index is 12.3. The zero-order valence-electron chi connectivity index (χ0n) is 11.1. The van der Waals surface area contributed by atoms with Crippen molar-refractivity contribution in [2.45, 2.75) is 4.90 Å². The van der Waals surface area contributed by atoms with Crippen LogP contribution in [0, 0.1) is 0 Å². The monoisotopic (exact) mass is 351 g/mol. The van der Waals surface area contributed by atoms with Crippen molar-refractivity contribution in [2.75, 3.05) is 23.9 Å². The van der Waals surface area contributed by atoms with Crippen LogP contribution < -0.4 is 10.6 Å². The van der Waals surface area contributed by atoms with Crippen LogP contribution in [0.4, 0.5) is 11.5 Å². The van der Waals surface area contributed by atoms with Gasteiger partial charge < -0.3 is 10.6 Å². The minimum Gasteiger partial charge on any atom is -0.372 e. The second-order valence-corrected chi connectivity index (χ2v) is 5.78. The maximum absolute atomic E-state index is 12.3. The third-order valence-electron chi connectivity index (χ3n) is 2.68. The molecule has 2 N–H and O–H groups in total. The van der Waals surface area contributed by atoms with Crippen LogP contribution in [0.5, 0.6) is 0 Å². The minimum absolute atomic E-state index is 0.194. The first-order valence-corrected chi connectivity index (χ1v) is 7.94. The smallest absolute Gasteiger partial charge is 0.259 e. The Bertz CT molecular complexity index is 616. The molecule has 0 bridgehead atoms. The average molecular weight is 352 g/mol. The number of thioether (sulfide) groups is 1. The molecule has 0 spiro atoms. The molecule has 1 aromatic carbocycles. The summed E-state index contributed by atoms with van der Waals surface area (Å²) in [5.41, 5.74) is 1.26. The minimum atomic E-state index is -0.194. The van der Waals surface area contributed by atoms with Crippen molar-refractivity contribution in [3.63, 3.8) is 0 Å². The number of benzene rings is 1. The molecule has 0 aliphatic carbocycles. The van der Waals surface area contributed by atoms with Crippen molar-refractivity contribution in [1.29, 1.82) is 0 Å². The summed E-state index contributed by atoms with van der Waals surface area (Å²) < 4.78 is 0.763. The maximum Gasteiger partial charge on any atom is 0.259 e. The number of anilines is 2. The van der Waals surface area contributed by atoms with Crippen LogP contribution in [0.1, 0.15) is 10.4 Å². The number of pyridine rings is 1. The fourth-order valence-electron chi connectivity index (χ4n) is 1.68. The first kappa shape index (κ1) is 14.9. The van der Waals surface area contributed by atoms with E-state index in [0.29, 0.717) is 11.4 Å². The van der Waals surface area contributed by atoms with Gasteiger partial charge in [-0.2, -0.15) is 0 Å². The number of aromatic nitrogens is 1. The summed E-state index contributed by atoms with van der Waals surface area (Å²) in [5, 5.41) is 5.77. The van der Waals surface area contributed by atoms with Crippen molar-refractivity contribution in [2.24, 2.45) is 0 Å². The number of carbonyl (C=O) groups excluding carboxylic acids is 1. The Morgan fingerprint density at radius 1 is 1.30 bits per heavy atom. The number of carbonyl (C=O) groups is 1. The van der Waals surface area contributed by atoms with Crippen LogP contribution >= 0.6 is 27.7 Å². The topological polar surface area (TPSA) is 54.0 Å². The van der Waals surface area contributed by atoms with E-state index in [1.807, 2.05) is 30.5 Å². The van der Waals surface area contributed by atoms with Gasteiger partial charge in [0, 0.05) is 28.3 Å². The van der Waals surface area contributed by atoms with E-state index in [4.69, 9.17) is 0 Å². The lowest BCUT2D eigenvalue weighted by Crippen LogP contribution is -2.14. The second kappa shape index (κ2) is 6.76. The Balaban J connectivity index is 2.20. The predicted molar refractivity (Wildman–Crippen MR) is 87.7 cm³/mol. The number of hydrogen-bond acceptors (Lipinski definition) is 4. The first-order chi connectivity index (χ1) is 9.63. The average Bonchev–Trinajstić information content (AvgIpc) is 2.48. The molecule has 2 rings (SSSR count). The molecule has 0 saturated carbocycles. The van der Waals surface area contributed by atoms with Gasteiger partial charge in [0.1, 0.15) is 5.82 Å². The molecule has 1 amide bonds. The summed E-state index contributed by atoms with van der Waals surface area (Å²) in [6, 6.07) is 9.45. The molecule has 0 atom stereocenters.